The zero-order valence-electron chi connectivity index (χ0n) is 8.49. The molecule has 0 spiro atoms. The minimum atomic E-state index is -0.0746. The fourth-order valence-electron chi connectivity index (χ4n) is 0.830. The van der Waals surface area contributed by atoms with E-state index in [9.17, 15) is 0 Å². The maximum atomic E-state index is 8.70. The summed E-state index contributed by atoms with van der Waals surface area (Å²) in [6.45, 7) is 1.89. The van der Waals surface area contributed by atoms with Crippen LogP contribution in [0, 0.1) is 22.7 Å². The van der Waals surface area contributed by atoms with Gasteiger partial charge in [-0.05, 0) is 0 Å². The molecule has 17 heavy (non-hydrogen) atoms. The lowest BCUT2D eigenvalue weighted by atomic mass is 10.1. The van der Waals surface area contributed by atoms with E-state index in [0.29, 0.717) is 0 Å². The lowest BCUT2D eigenvalue weighted by molar-refractivity contribution is 1.45. The van der Waals surface area contributed by atoms with Gasteiger partial charge in [-0.3, -0.25) is 0 Å². The molecular weight excluding hydrogens is 325 g/mol. The molecule has 0 aliphatic heterocycles. The van der Waals surface area contributed by atoms with Crippen molar-refractivity contribution in [3.63, 3.8) is 0 Å². The normalized spacial score (nSPS) is 8.71. The van der Waals surface area contributed by atoms with Crippen LogP contribution in [0.3, 0.4) is 0 Å². The SMILES string of the molecule is CCCl.N#Cc1c(Cl)c(Cl)c(Cl)c(C#N)c1Cl. The zero-order chi connectivity index (χ0) is 13.6. The summed E-state index contributed by atoms with van der Waals surface area (Å²) in [6.07, 6.45) is 0. The molecule has 0 radical (unpaired) electrons. The summed E-state index contributed by atoms with van der Waals surface area (Å²) in [7, 11) is 0. The molecule has 2 nitrogen and oxygen atoms in total. The maximum absolute atomic E-state index is 8.70. The number of nitrogens with zero attached hydrogens (tertiary/aromatic N) is 2. The van der Waals surface area contributed by atoms with Crippen LogP contribution in [0.5, 0.6) is 0 Å². The molecular formula is C10H5Cl5N2. The molecule has 0 bridgehead atoms. The van der Waals surface area contributed by atoms with Crippen LogP contribution < -0.4 is 0 Å². The highest BCUT2D eigenvalue weighted by Gasteiger charge is 2.19. The van der Waals surface area contributed by atoms with Gasteiger partial charge in [0.2, 0.25) is 0 Å². The molecule has 0 saturated carbocycles. The van der Waals surface area contributed by atoms with E-state index in [0.717, 1.165) is 5.88 Å². The summed E-state index contributed by atoms with van der Waals surface area (Å²) in [4.78, 5) is 0. The van der Waals surface area contributed by atoms with Gasteiger partial charge in [-0.25, -0.2) is 0 Å². The Morgan fingerprint density at radius 1 is 0.824 bits per heavy atom. The second kappa shape index (κ2) is 7.88. The zero-order valence-corrected chi connectivity index (χ0v) is 12.3. The Morgan fingerprint density at radius 3 is 1.35 bits per heavy atom. The molecule has 1 aromatic carbocycles. The van der Waals surface area contributed by atoms with Gasteiger partial charge in [-0.15, -0.1) is 11.6 Å². The first-order valence-corrected chi connectivity index (χ1v) is 6.22. The van der Waals surface area contributed by atoms with E-state index < -0.39 is 0 Å². The lowest BCUT2D eigenvalue weighted by Gasteiger charge is -2.05. The Bertz CT molecular complexity index is 458. The topological polar surface area (TPSA) is 47.6 Å². The first kappa shape index (κ1) is 16.6. The van der Waals surface area contributed by atoms with E-state index in [2.05, 4.69) is 0 Å². The lowest BCUT2D eigenvalue weighted by Crippen LogP contribution is -1.89. The first-order valence-electron chi connectivity index (χ1n) is 4.18. The van der Waals surface area contributed by atoms with Gasteiger partial charge in [0.25, 0.3) is 0 Å². The largest absolute Gasteiger partial charge is 0.192 e. The van der Waals surface area contributed by atoms with Gasteiger partial charge >= 0.3 is 0 Å². The van der Waals surface area contributed by atoms with Gasteiger partial charge in [0.15, 0.2) is 0 Å². The molecule has 0 aliphatic carbocycles. The van der Waals surface area contributed by atoms with E-state index >= 15 is 0 Å². The number of nitriles is 2. The Kier molecular flexibility index (Phi) is 7.71. The van der Waals surface area contributed by atoms with Crippen molar-refractivity contribution in [1.82, 2.24) is 0 Å². The van der Waals surface area contributed by atoms with Crippen LogP contribution in [0.25, 0.3) is 0 Å². The van der Waals surface area contributed by atoms with Crippen LogP contribution in [0.15, 0.2) is 0 Å². The van der Waals surface area contributed by atoms with E-state index in [1.807, 2.05) is 6.92 Å². The van der Waals surface area contributed by atoms with E-state index in [-0.39, 0.29) is 31.2 Å². The van der Waals surface area contributed by atoms with Crippen molar-refractivity contribution in [2.45, 2.75) is 6.92 Å². The highest BCUT2D eigenvalue weighted by atomic mass is 35.5. The van der Waals surface area contributed by atoms with Crippen molar-refractivity contribution in [3.05, 3.63) is 31.2 Å². The number of benzene rings is 1. The minimum absolute atomic E-state index is 0.0363. The third-order valence-corrected chi connectivity index (χ3v) is 3.19. The summed E-state index contributed by atoms with van der Waals surface area (Å²) in [5, 5.41) is 17.2. The third kappa shape index (κ3) is 3.81. The van der Waals surface area contributed by atoms with E-state index in [4.69, 9.17) is 68.5 Å². The smallest absolute Gasteiger partial charge is 0.102 e. The standard InChI is InChI=1S/C8Cl4N2.C2H5Cl/c9-5-3(1-13)6(10)8(12)7(11)4(5)2-14;1-2-3/h;2H2,1H3. The number of rotatable bonds is 0. The average Bonchev–Trinajstić information content (AvgIpc) is 2.29. The maximum Gasteiger partial charge on any atom is 0.102 e. The number of hydrogen-bond donors (Lipinski definition) is 0. The van der Waals surface area contributed by atoms with Crippen molar-refractivity contribution in [2.75, 3.05) is 5.88 Å². The van der Waals surface area contributed by atoms with Crippen molar-refractivity contribution >= 4 is 58.0 Å². The van der Waals surface area contributed by atoms with Crippen LogP contribution in [-0.2, 0) is 0 Å². The molecule has 7 heteroatoms. The third-order valence-electron chi connectivity index (χ3n) is 1.49. The average molecular weight is 330 g/mol. The second-order valence-corrected chi connectivity index (χ2v) is 4.54. The molecule has 0 saturated heterocycles. The predicted molar refractivity (Wildman–Crippen MR) is 72.3 cm³/mol. The van der Waals surface area contributed by atoms with E-state index in [1.54, 1.807) is 12.1 Å². The molecule has 1 rings (SSSR count). The Balaban J connectivity index is 0.000000770. The van der Waals surface area contributed by atoms with Crippen LogP contribution in [0.4, 0.5) is 0 Å². The molecule has 0 atom stereocenters. The van der Waals surface area contributed by atoms with Gasteiger partial charge in [0, 0.05) is 5.88 Å². The van der Waals surface area contributed by atoms with Gasteiger partial charge in [0.05, 0.1) is 31.2 Å². The van der Waals surface area contributed by atoms with Crippen molar-refractivity contribution in [2.24, 2.45) is 0 Å². The molecule has 1 aromatic rings. The molecule has 0 aromatic heterocycles. The van der Waals surface area contributed by atoms with Crippen LogP contribution >= 0.6 is 58.0 Å². The molecule has 0 unspecified atom stereocenters. The Hall–Kier alpha value is -0.350. The van der Waals surface area contributed by atoms with Crippen molar-refractivity contribution in [3.8, 4) is 12.1 Å². The van der Waals surface area contributed by atoms with Crippen molar-refractivity contribution < 1.29 is 0 Å². The number of alkyl halides is 1. The molecule has 0 aliphatic rings. The molecule has 0 N–H and O–H groups in total. The van der Waals surface area contributed by atoms with Gasteiger partial charge < -0.3 is 0 Å². The van der Waals surface area contributed by atoms with Crippen LogP contribution in [0.1, 0.15) is 18.1 Å². The number of halogens is 5. The van der Waals surface area contributed by atoms with Gasteiger partial charge in [-0.2, -0.15) is 10.5 Å². The minimum Gasteiger partial charge on any atom is -0.192 e. The number of hydrogen-bond acceptors (Lipinski definition) is 2. The summed E-state index contributed by atoms with van der Waals surface area (Å²) in [6, 6.07) is 3.50. The second-order valence-electron chi connectivity index (χ2n) is 2.50. The Labute approximate surface area is 124 Å². The molecule has 0 fully saturated rings. The fourth-order valence-corrected chi connectivity index (χ4v) is 1.90. The first-order chi connectivity index (χ1) is 7.95. The fraction of sp³-hybridized carbons (Fsp3) is 0.200. The van der Waals surface area contributed by atoms with Gasteiger partial charge in [0.1, 0.15) is 12.1 Å². The molecule has 90 valence electrons. The summed E-state index contributed by atoms with van der Waals surface area (Å²) in [5.41, 5.74) is -0.0847. The van der Waals surface area contributed by atoms with Crippen LogP contribution in [-0.4, -0.2) is 5.88 Å². The predicted octanol–water partition coefficient (Wildman–Crippen LogP) is 5.29. The summed E-state index contributed by atoms with van der Waals surface area (Å²) >= 11 is 27.8. The van der Waals surface area contributed by atoms with Crippen LogP contribution in [0.2, 0.25) is 20.1 Å². The van der Waals surface area contributed by atoms with E-state index in [1.165, 1.54) is 0 Å². The monoisotopic (exact) mass is 328 g/mol. The van der Waals surface area contributed by atoms with Gasteiger partial charge in [-0.1, -0.05) is 53.3 Å². The Morgan fingerprint density at radius 2 is 1.12 bits per heavy atom. The molecule has 0 amide bonds. The van der Waals surface area contributed by atoms with Crippen molar-refractivity contribution in [1.29, 1.82) is 10.5 Å². The quantitative estimate of drug-likeness (QED) is 0.369. The summed E-state index contributed by atoms with van der Waals surface area (Å²) in [5.74, 6) is 0.722. The highest BCUT2D eigenvalue weighted by Crippen LogP contribution is 2.40. The summed E-state index contributed by atoms with van der Waals surface area (Å²) < 4.78 is 0. The highest BCUT2D eigenvalue weighted by molar-refractivity contribution is 6.50. The molecule has 0 heterocycles.